The lowest BCUT2D eigenvalue weighted by Gasteiger charge is -2.23. The van der Waals surface area contributed by atoms with Gasteiger partial charge in [-0.25, -0.2) is 0 Å². The lowest BCUT2D eigenvalue weighted by Crippen LogP contribution is -2.28. The minimum Gasteiger partial charge on any atom is -0.506 e. The molecule has 0 saturated carbocycles. The highest BCUT2D eigenvalue weighted by Crippen LogP contribution is 2.32. The maximum Gasteiger partial charge on any atom is 0.255 e. The zero-order valence-electron chi connectivity index (χ0n) is 19.3. The van der Waals surface area contributed by atoms with E-state index in [2.05, 4.69) is 43.4 Å². The van der Waals surface area contributed by atoms with Crippen LogP contribution in [0.1, 0.15) is 27.1 Å². The Morgan fingerprint density at radius 2 is 1.46 bits per heavy atom. The van der Waals surface area contributed by atoms with Gasteiger partial charge in [0.15, 0.2) is 0 Å². The van der Waals surface area contributed by atoms with E-state index in [0.29, 0.717) is 16.8 Å². The maximum absolute atomic E-state index is 12.9. The molecular formula is C26H28BrClN4O3. The lowest BCUT2D eigenvalue weighted by molar-refractivity contribution is 0.101. The first kappa shape index (κ1) is 26.5. The van der Waals surface area contributed by atoms with Crippen LogP contribution in [0.3, 0.4) is 0 Å². The third-order valence-electron chi connectivity index (χ3n) is 5.85. The summed E-state index contributed by atoms with van der Waals surface area (Å²) >= 11 is 3.35. The first-order valence-corrected chi connectivity index (χ1v) is 11.9. The van der Waals surface area contributed by atoms with Gasteiger partial charge in [0.05, 0.1) is 5.69 Å². The van der Waals surface area contributed by atoms with Gasteiger partial charge in [0.1, 0.15) is 11.4 Å². The molecule has 1 aliphatic heterocycles. The van der Waals surface area contributed by atoms with E-state index in [1.807, 2.05) is 12.1 Å². The highest BCUT2D eigenvalue weighted by Gasteiger charge is 2.17. The van der Waals surface area contributed by atoms with Crippen molar-refractivity contribution in [3.8, 4) is 5.75 Å². The van der Waals surface area contributed by atoms with Gasteiger partial charge in [-0.15, -0.1) is 12.4 Å². The summed E-state index contributed by atoms with van der Waals surface area (Å²) < 4.78 is 0.864. The van der Waals surface area contributed by atoms with Crippen molar-refractivity contribution in [2.45, 2.75) is 6.42 Å². The second-order valence-electron chi connectivity index (χ2n) is 8.31. The van der Waals surface area contributed by atoms with Crippen LogP contribution in [0.15, 0.2) is 71.2 Å². The van der Waals surface area contributed by atoms with Crippen molar-refractivity contribution in [3.05, 3.63) is 82.3 Å². The smallest absolute Gasteiger partial charge is 0.255 e. The zero-order chi connectivity index (χ0) is 24.1. The van der Waals surface area contributed by atoms with Crippen LogP contribution in [0.25, 0.3) is 0 Å². The quantitative estimate of drug-likeness (QED) is 0.373. The number of rotatable bonds is 5. The monoisotopic (exact) mass is 558 g/mol. The molecule has 0 unspecified atom stereocenters. The molecule has 35 heavy (non-hydrogen) atoms. The van der Waals surface area contributed by atoms with E-state index in [9.17, 15) is 14.7 Å². The number of likely N-dealkylation sites (N-methyl/N-ethyl adjacent to an activating group) is 1. The summed E-state index contributed by atoms with van der Waals surface area (Å²) in [7, 11) is 2.13. The number of halogens is 2. The van der Waals surface area contributed by atoms with Crippen molar-refractivity contribution in [1.29, 1.82) is 0 Å². The molecule has 0 aromatic heterocycles. The van der Waals surface area contributed by atoms with Crippen molar-refractivity contribution < 1.29 is 14.7 Å². The van der Waals surface area contributed by atoms with E-state index in [4.69, 9.17) is 0 Å². The lowest BCUT2D eigenvalue weighted by atomic mass is 10.1. The molecule has 9 heteroatoms. The van der Waals surface area contributed by atoms with Crippen molar-refractivity contribution in [2.24, 2.45) is 0 Å². The molecule has 2 amide bonds. The third kappa shape index (κ3) is 6.75. The first-order chi connectivity index (χ1) is 16.4. The second-order valence-corrected chi connectivity index (χ2v) is 9.22. The van der Waals surface area contributed by atoms with Gasteiger partial charge in [-0.1, -0.05) is 22.0 Å². The Bertz CT molecular complexity index is 1170. The van der Waals surface area contributed by atoms with Gasteiger partial charge in [0.25, 0.3) is 11.8 Å². The predicted molar refractivity (Wildman–Crippen MR) is 146 cm³/mol. The van der Waals surface area contributed by atoms with E-state index in [1.165, 1.54) is 6.07 Å². The van der Waals surface area contributed by atoms with Gasteiger partial charge < -0.3 is 25.5 Å². The third-order valence-corrected chi connectivity index (χ3v) is 6.38. The van der Waals surface area contributed by atoms with Crippen LogP contribution in [0, 0.1) is 0 Å². The van der Waals surface area contributed by atoms with Crippen LogP contribution in [0.4, 0.5) is 17.1 Å². The molecular weight excluding hydrogens is 532 g/mol. The van der Waals surface area contributed by atoms with E-state index in [0.717, 1.165) is 42.8 Å². The summed E-state index contributed by atoms with van der Waals surface area (Å²) in [6, 6.07) is 19.1. The van der Waals surface area contributed by atoms with Crippen molar-refractivity contribution in [1.82, 2.24) is 4.90 Å². The molecule has 1 aliphatic rings. The number of hydrogen-bond acceptors (Lipinski definition) is 5. The molecule has 1 heterocycles. The van der Waals surface area contributed by atoms with E-state index >= 15 is 0 Å². The molecule has 184 valence electrons. The van der Waals surface area contributed by atoms with Crippen molar-refractivity contribution in [3.63, 3.8) is 0 Å². The number of carbonyl (C=O) groups is 2. The van der Waals surface area contributed by atoms with Gasteiger partial charge in [0, 0.05) is 40.9 Å². The number of hydrogen-bond donors (Lipinski definition) is 3. The average molecular weight is 560 g/mol. The zero-order valence-corrected chi connectivity index (χ0v) is 21.7. The van der Waals surface area contributed by atoms with Crippen LogP contribution >= 0.6 is 28.3 Å². The number of carbonyl (C=O) groups excluding carboxylic acids is 2. The van der Waals surface area contributed by atoms with Gasteiger partial charge in [0.2, 0.25) is 0 Å². The Morgan fingerprint density at radius 1 is 0.829 bits per heavy atom. The van der Waals surface area contributed by atoms with Gasteiger partial charge in [-0.05, 0) is 80.7 Å². The topological polar surface area (TPSA) is 84.9 Å². The summed E-state index contributed by atoms with van der Waals surface area (Å²) in [5.41, 5.74) is 2.46. The molecule has 0 bridgehead atoms. The van der Waals surface area contributed by atoms with Crippen LogP contribution < -0.4 is 15.5 Å². The standard InChI is InChI=1S/C26H27BrN4O3.ClH/c1-30-14-3-15-31(17-16-30)21-12-8-19(9-13-21)26(34)29-24-22(4-2-5-23(24)32)28-25(33)18-6-10-20(27)11-7-18;/h2,4-13,32H,3,14-17H2,1H3,(H,28,33)(H,29,34);1H. The molecule has 3 aromatic rings. The molecule has 0 aliphatic carbocycles. The van der Waals surface area contributed by atoms with Gasteiger partial charge >= 0.3 is 0 Å². The van der Waals surface area contributed by atoms with Crippen LogP contribution in [0.5, 0.6) is 5.75 Å². The number of aromatic hydroxyl groups is 1. The Kier molecular flexibility index (Phi) is 9.14. The molecule has 3 aromatic carbocycles. The number of benzene rings is 3. The predicted octanol–water partition coefficient (Wildman–Crippen LogP) is 5.22. The molecule has 1 fully saturated rings. The van der Waals surface area contributed by atoms with Crippen molar-refractivity contribution >= 4 is 57.2 Å². The molecule has 0 spiro atoms. The summed E-state index contributed by atoms with van der Waals surface area (Å²) in [6.07, 6.45) is 1.10. The van der Waals surface area contributed by atoms with E-state index in [1.54, 1.807) is 48.5 Å². The van der Waals surface area contributed by atoms with E-state index in [-0.39, 0.29) is 35.7 Å². The fourth-order valence-corrected chi connectivity index (χ4v) is 4.15. The maximum atomic E-state index is 12.9. The number of phenolic OH excluding ortho intramolecular Hbond substituents is 1. The molecule has 4 rings (SSSR count). The molecule has 7 nitrogen and oxygen atoms in total. The molecule has 0 atom stereocenters. The molecule has 0 radical (unpaired) electrons. The Hall–Kier alpha value is -3.07. The highest BCUT2D eigenvalue weighted by molar-refractivity contribution is 9.10. The average Bonchev–Trinajstić information content (AvgIpc) is 3.06. The van der Waals surface area contributed by atoms with E-state index < -0.39 is 0 Å². The normalized spacial score (nSPS) is 13.9. The summed E-state index contributed by atoms with van der Waals surface area (Å²) in [4.78, 5) is 30.2. The fourth-order valence-electron chi connectivity index (χ4n) is 3.89. The van der Waals surface area contributed by atoms with Crippen LogP contribution in [-0.2, 0) is 0 Å². The van der Waals surface area contributed by atoms with Crippen LogP contribution in [0.2, 0.25) is 0 Å². The number of nitrogens with one attached hydrogen (secondary N) is 2. The number of para-hydroxylation sites is 1. The summed E-state index contributed by atoms with van der Waals surface area (Å²) in [5, 5.41) is 15.9. The van der Waals surface area contributed by atoms with Gasteiger partial charge in [-0.3, -0.25) is 9.59 Å². The number of amides is 2. The highest BCUT2D eigenvalue weighted by atomic mass is 79.9. The van der Waals surface area contributed by atoms with Crippen LogP contribution in [-0.4, -0.2) is 55.0 Å². The van der Waals surface area contributed by atoms with Crippen molar-refractivity contribution in [2.75, 3.05) is 48.8 Å². The molecule has 1 saturated heterocycles. The van der Waals surface area contributed by atoms with Gasteiger partial charge in [-0.2, -0.15) is 0 Å². The Labute approximate surface area is 219 Å². The number of phenols is 1. The largest absolute Gasteiger partial charge is 0.506 e. The SMILES string of the molecule is CN1CCCN(c2ccc(C(=O)Nc3c(O)cccc3NC(=O)c3ccc(Br)cc3)cc2)CC1.Cl. The number of nitrogens with zero attached hydrogens (tertiary/aromatic N) is 2. The molecule has 3 N–H and O–H groups in total. The number of anilines is 3. The first-order valence-electron chi connectivity index (χ1n) is 11.1. The Balaban J connectivity index is 0.00000342. The Morgan fingerprint density at radius 3 is 2.14 bits per heavy atom. The second kappa shape index (κ2) is 12.1. The minimum absolute atomic E-state index is 0. The minimum atomic E-state index is -0.372. The summed E-state index contributed by atoms with van der Waals surface area (Å²) in [6.45, 7) is 4.01. The fraction of sp³-hybridized carbons (Fsp3) is 0.231. The summed E-state index contributed by atoms with van der Waals surface area (Å²) in [5.74, 6) is -0.851.